The van der Waals surface area contributed by atoms with E-state index in [0.29, 0.717) is 18.9 Å². The third-order valence-corrected chi connectivity index (χ3v) is 2.60. The van der Waals surface area contributed by atoms with Gasteiger partial charge in [0.15, 0.2) is 0 Å². The number of hydrogen-bond donors (Lipinski definition) is 0. The van der Waals surface area contributed by atoms with Gasteiger partial charge in [0.2, 0.25) is 0 Å². The molecule has 0 bridgehead atoms. The fourth-order valence-electron chi connectivity index (χ4n) is 1.69. The summed E-state index contributed by atoms with van der Waals surface area (Å²) in [6, 6.07) is 1.50. The molecule has 0 saturated heterocycles. The number of hydrogen-bond acceptors (Lipinski definition) is 2. The fourth-order valence-corrected chi connectivity index (χ4v) is 1.69. The lowest BCUT2D eigenvalue weighted by Gasteiger charge is -2.12. The largest absolute Gasteiger partial charge is 0.416 e. The van der Waals surface area contributed by atoms with Crippen LogP contribution in [0.1, 0.15) is 30.9 Å². The molecule has 1 aromatic carbocycles. The molecule has 0 N–H and O–H groups in total. The summed E-state index contributed by atoms with van der Waals surface area (Å²) in [4.78, 5) is 10.5. The van der Waals surface area contributed by atoms with Crippen LogP contribution in [0.3, 0.4) is 0 Å². The number of benzene rings is 1. The number of halogens is 4. The van der Waals surface area contributed by atoms with Crippen LogP contribution in [-0.4, -0.2) is 6.04 Å². The maximum atomic E-state index is 13.4. The second-order valence-corrected chi connectivity index (χ2v) is 4.06. The second-order valence-electron chi connectivity index (χ2n) is 4.06. The standard InChI is InChI=1S/C12H13F4NO/c1-2-3-10(17-18)7-8-6-9(12(14,15)16)4-5-11(8)13/h4-6,10H,2-3,7H2,1H3. The molecule has 0 aliphatic heterocycles. The lowest BCUT2D eigenvalue weighted by molar-refractivity contribution is -0.137. The summed E-state index contributed by atoms with van der Waals surface area (Å²) in [7, 11) is 0. The molecule has 0 fully saturated rings. The van der Waals surface area contributed by atoms with Crippen LogP contribution < -0.4 is 0 Å². The van der Waals surface area contributed by atoms with Crippen LogP contribution >= 0.6 is 0 Å². The highest BCUT2D eigenvalue weighted by Gasteiger charge is 2.31. The topological polar surface area (TPSA) is 29.4 Å². The lowest BCUT2D eigenvalue weighted by atomic mass is 10.0. The van der Waals surface area contributed by atoms with Gasteiger partial charge in [-0.25, -0.2) is 4.39 Å². The number of rotatable bonds is 5. The maximum Gasteiger partial charge on any atom is 0.416 e. The van der Waals surface area contributed by atoms with Gasteiger partial charge in [-0.1, -0.05) is 18.5 Å². The van der Waals surface area contributed by atoms with Gasteiger partial charge in [-0.05, 0) is 30.2 Å². The quantitative estimate of drug-likeness (QED) is 0.574. The van der Waals surface area contributed by atoms with Crippen molar-refractivity contribution in [1.82, 2.24) is 0 Å². The van der Waals surface area contributed by atoms with Crippen LogP contribution in [0, 0.1) is 10.7 Å². The van der Waals surface area contributed by atoms with E-state index in [4.69, 9.17) is 0 Å². The predicted molar refractivity (Wildman–Crippen MR) is 59.6 cm³/mol. The molecule has 1 aromatic rings. The zero-order chi connectivity index (χ0) is 13.8. The molecule has 1 rings (SSSR count). The molecule has 0 radical (unpaired) electrons. The van der Waals surface area contributed by atoms with Crippen LogP contribution in [-0.2, 0) is 12.6 Å². The monoisotopic (exact) mass is 263 g/mol. The summed E-state index contributed by atoms with van der Waals surface area (Å²) in [6.07, 6.45) is -3.53. The Bertz CT molecular complexity index is 417. The zero-order valence-electron chi connectivity index (χ0n) is 9.80. The SMILES string of the molecule is CCCC(Cc1cc(C(F)(F)F)ccc1F)N=O. The molecule has 18 heavy (non-hydrogen) atoms. The van der Waals surface area contributed by atoms with Crippen LogP contribution in [0.15, 0.2) is 23.4 Å². The molecular formula is C12H13F4NO. The van der Waals surface area contributed by atoms with E-state index in [-0.39, 0.29) is 12.0 Å². The van der Waals surface area contributed by atoms with Crippen LogP contribution in [0.2, 0.25) is 0 Å². The van der Waals surface area contributed by atoms with Gasteiger partial charge >= 0.3 is 6.18 Å². The summed E-state index contributed by atoms with van der Waals surface area (Å²) in [5.41, 5.74) is -1.04. The molecule has 2 nitrogen and oxygen atoms in total. The molecule has 0 amide bonds. The Morgan fingerprint density at radius 1 is 1.33 bits per heavy atom. The molecule has 0 aliphatic rings. The molecule has 1 unspecified atom stereocenters. The van der Waals surface area contributed by atoms with Crippen molar-refractivity contribution >= 4 is 0 Å². The number of alkyl halides is 3. The number of nitroso groups, excluding NO2 is 1. The summed E-state index contributed by atoms with van der Waals surface area (Å²) in [5.74, 6) is -0.743. The van der Waals surface area contributed by atoms with Crippen LogP contribution in [0.4, 0.5) is 17.6 Å². The molecule has 6 heteroatoms. The van der Waals surface area contributed by atoms with Crippen molar-refractivity contribution in [2.45, 2.75) is 38.4 Å². The van der Waals surface area contributed by atoms with Crippen molar-refractivity contribution in [3.8, 4) is 0 Å². The Morgan fingerprint density at radius 3 is 2.50 bits per heavy atom. The van der Waals surface area contributed by atoms with E-state index in [1.54, 1.807) is 0 Å². The predicted octanol–water partition coefficient (Wildman–Crippen LogP) is 4.32. The first-order valence-electron chi connectivity index (χ1n) is 5.56. The van der Waals surface area contributed by atoms with Gasteiger partial charge in [-0.15, -0.1) is 0 Å². The molecule has 100 valence electrons. The molecular weight excluding hydrogens is 250 g/mol. The van der Waals surface area contributed by atoms with Crippen molar-refractivity contribution in [2.24, 2.45) is 5.18 Å². The average molecular weight is 263 g/mol. The van der Waals surface area contributed by atoms with E-state index in [1.165, 1.54) is 0 Å². The number of nitrogens with zero attached hydrogens (tertiary/aromatic N) is 1. The van der Waals surface area contributed by atoms with E-state index in [9.17, 15) is 22.5 Å². The van der Waals surface area contributed by atoms with Crippen LogP contribution in [0.25, 0.3) is 0 Å². The van der Waals surface area contributed by atoms with Gasteiger partial charge in [-0.3, -0.25) is 0 Å². The molecule has 0 saturated carbocycles. The molecule has 0 aliphatic carbocycles. The Kier molecular flexibility index (Phi) is 4.81. The first kappa shape index (κ1) is 14.6. The Balaban J connectivity index is 2.97. The molecule has 0 aromatic heterocycles. The van der Waals surface area contributed by atoms with Gasteiger partial charge in [0.25, 0.3) is 0 Å². The van der Waals surface area contributed by atoms with E-state index in [1.807, 2.05) is 6.92 Å². The Hall–Kier alpha value is -1.46. The van der Waals surface area contributed by atoms with Gasteiger partial charge in [0.1, 0.15) is 5.82 Å². The van der Waals surface area contributed by atoms with E-state index in [0.717, 1.165) is 12.1 Å². The summed E-state index contributed by atoms with van der Waals surface area (Å²) in [6.45, 7) is 1.82. The normalized spacial score (nSPS) is 13.4. The van der Waals surface area contributed by atoms with Gasteiger partial charge < -0.3 is 0 Å². The molecule has 0 spiro atoms. The summed E-state index contributed by atoms with van der Waals surface area (Å²) in [5, 5.41) is 2.81. The lowest BCUT2D eigenvalue weighted by Crippen LogP contribution is -2.11. The highest BCUT2D eigenvalue weighted by Crippen LogP contribution is 2.30. The second kappa shape index (κ2) is 5.93. The maximum absolute atomic E-state index is 13.4. The minimum atomic E-state index is -4.52. The smallest absolute Gasteiger partial charge is 0.207 e. The minimum Gasteiger partial charge on any atom is -0.207 e. The van der Waals surface area contributed by atoms with E-state index >= 15 is 0 Å². The highest BCUT2D eigenvalue weighted by molar-refractivity contribution is 5.27. The van der Waals surface area contributed by atoms with E-state index < -0.39 is 23.6 Å². The van der Waals surface area contributed by atoms with Crippen LogP contribution in [0.5, 0.6) is 0 Å². The summed E-state index contributed by atoms with van der Waals surface area (Å²) < 4.78 is 50.8. The Morgan fingerprint density at radius 2 is 2.00 bits per heavy atom. The minimum absolute atomic E-state index is 0.104. The van der Waals surface area contributed by atoms with Crippen molar-refractivity contribution in [1.29, 1.82) is 0 Å². The average Bonchev–Trinajstić information content (AvgIpc) is 2.29. The first-order valence-corrected chi connectivity index (χ1v) is 5.56. The molecule has 1 atom stereocenters. The van der Waals surface area contributed by atoms with Gasteiger partial charge in [0.05, 0.1) is 11.6 Å². The first-order chi connectivity index (χ1) is 8.38. The zero-order valence-corrected chi connectivity index (χ0v) is 9.80. The van der Waals surface area contributed by atoms with Gasteiger partial charge in [0, 0.05) is 6.42 Å². The van der Waals surface area contributed by atoms with E-state index in [2.05, 4.69) is 5.18 Å². The van der Waals surface area contributed by atoms with Gasteiger partial charge in [-0.2, -0.15) is 18.1 Å². The van der Waals surface area contributed by atoms with Crippen molar-refractivity contribution in [2.75, 3.05) is 0 Å². The fraction of sp³-hybridized carbons (Fsp3) is 0.500. The van der Waals surface area contributed by atoms with Crippen molar-refractivity contribution in [3.63, 3.8) is 0 Å². The van der Waals surface area contributed by atoms with Crippen molar-refractivity contribution in [3.05, 3.63) is 40.1 Å². The third-order valence-electron chi connectivity index (χ3n) is 2.60. The highest BCUT2D eigenvalue weighted by atomic mass is 19.4. The van der Waals surface area contributed by atoms with Crippen molar-refractivity contribution < 1.29 is 17.6 Å². The molecule has 0 heterocycles. The third kappa shape index (κ3) is 3.78. The Labute approximate surface area is 102 Å². The summed E-state index contributed by atoms with van der Waals surface area (Å²) >= 11 is 0.